The van der Waals surface area contributed by atoms with E-state index in [4.69, 9.17) is 0 Å². The molecule has 3 rings (SSSR count). The molecule has 1 atom stereocenters. The number of rotatable bonds is 5. The second-order valence-electron chi connectivity index (χ2n) is 6.13. The normalized spacial score (nSPS) is 15.4. The topological polar surface area (TPSA) is 84.0 Å². The molecule has 1 heterocycles. The minimum Gasteiger partial charge on any atom is -0.344 e. The van der Waals surface area contributed by atoms with Crippen LogP contribution in [-0.4, -0.2) is 28.1 Å². The van der Waals surface area contributed by atoms with E-state index in [2.05, 4.69) is 20.8 Å². The Labute approximate surface area is 144 Å². The molecule has 0 bridgehead atoms. The van der Waals surface area contributed by atoms with E-state index in [0.29, 0.717) is 5.13 Å². The summed E-state index contributed by atoms with van der Waals surface area (Å²) >= 11 is 1.31. The van der Waals surface area contributed by atoms with Gasteiger partial charge in [0.2, 0.25) is 16.9 Å². The second-order valence-corrected chi connectivity index (χ2v) is 7.11. The minimum absolute atomic E-state index is 0.0402. The number of aromatic nitrogens is 2. The monoisotopic (exact) mass is 344 g/mol. The van der Waals surface area contributed by atoms with Crippen LogP contribution >= 0.6 is 11.3 Å². The van der Waals surface area contributed by atoms with Crippen LogP contribution in [0.1, 0.15) is 31.7 Å². The zero-order valence-corrected chi connectivity index (χ0v) is 14.5. The first-order valence-corrected chi connectivity index (χ1v) is 8.86. The zero-order chi connectivity index (χ0) is 17.1. The number of carbonyl (C=O) groups is 2. The number of nitrogens with zero attached hydrogens (tertiary/aromatic N) is 2. The van der Waals surface area contributed by atoms with Gasteiger partial charge in [-0.2, -0.15) is 0 Å². The largest absolute Gasteiger partial charge is 0.344 e. The Balaban J connectivity index is 1.59. The summed E-state index contributed by atoms with van der Waals surface area (Å²) in [5.74, 6) is -0.258. The predicted molar refractivity (Wildman–Crippen MR) is 93.7 cm³/mol. The third-order valence-electron chi connectivity index (χ3n) is 4.15. The molecule has 0 saturated heterocycles. The summed E-state index contributed by atoms with van der Waals surface area (Å²) < 4.78 is 0. The van der Waals surface area contributed by atoms with Crippen LogP contribution in [0.25, 0.3) is 10.6 Å². The number of carbonyl (C=O) groups excluding carboxylic acids is 2. The summed E-state index contributed by atoms with van der Waals surface area (Å²) in [6.07, 6.45) is 2.91. The third-order valence-corrected chi connectivity index (χ3v) is 5.04. The lowest BCUT2D eigenvalue weighted by Gasteiger charge is -2.25. The maximum atomic E-state index is 12.2. The van der Waals surface area contributed by atoms with Crippen LogP contribution in [0.15, 0.2) is 24.3 Å². The Morgan fingerprint density at radius 1 is 1.29 bits per heavy atom. The van der Waals surface area contributed by atoms with Gasteiger partial charge in [-0.1, -0.05) is 41.5 Å². The number of hydrogen-bond acceptors (Lipinski definition) is 5. The van der Waals surface area contributed by atoms with Crippen molar-refractivity contribution in [1.29, 1.82) is 0 Å². The van der Waals surface area contributed by atoms with Crippen molar-refractivity contribution in [3.63, 3.8) is 0 Å². The van der Waals surface area contributed by atoms with Gasteiger partial charge in [-0.3, -0.25) is 14.9 Å². The van der Waals surface area contributed by atoms with Gasteiger partial charge in [0.05, 0.1) is 0 Å². The molecule has 7 heteroatoms. The Morgan fingerprint density at radius 2 is 2.08 bits per heavy atom. The van der Waals surface area contributed by atoms with Gasteiger partial charge in [0.15, 0.2) is 0 Å². The van der Waals surface area contributed by atoms with Gasteiger partial charge in [-0.25, -0.2) is 0 Å². The summed E-state index contributed by atoms with van der Waals surface area (Å²) in [6, 6.07) is 7.36. The molecule has 1 aliphatic rings. The van der Waals surface area contributed by atoms with Crippen LogP contribution in [0.5, 0.6) is 0 Å². The maximum absolute atomic E-state index is 12.2. The summed E-state index contributed by atoms with van der Waals surface area (Å²) in [4.78, 5) is 24.1. The fourth-order valence-electron chi connectivity index (χ4n) is 2.45. The van der Waals surface area contributed by atoms with E-state index in [-0.39, 0.29) is 17.7 Å². The maximum Gasteiger partial charge on any atom is 0.248 e. The molecule has 1 aromatic carbocycles. The number of amides is 2. The fraction of sp³-hybridized carbons (Fsp3) is 0.412. The molecule has 0 spiro atoms. The molecule has 0 aliphatic heterocycles. The smallest absolute Gasteiger partial charge is 0.248 e. The molecule has 126 valence electrons. The quantitative estimate of drug-likeness (QED) is 0.873. The summed E-state index contributed by atoms with van der Waals surface area (Å²) in [7, 11) is 0. The van der Waals surface area contributed by atoms with Gasteiger partial charge in [-0.15, -0.1) is 10.2 Å². The number of aryl methyl sites for hydroxylation is 1. The third kappa shape index (κ3) is 3.79. The fourth-order valence-corrected chi connectivity index (χ4v) is 3.19. The highest BCUT2D eigenvalue weighted by Crippen LogP contribution is 2.27. The minimum atomic E-state index is -0.593. The van der Waals surface area contributed by atoms with Gasteiger partial charge in [0.25, 0.3) is 0 Å². The van der Waals surface area contributed by atoms with Crippen molar-refractivity contribution in [1.82, 2.24) is 15.5 Å². The average Bonchev–Trinajstić information content (AvgIpc) is 2.93. The lowest BCUT2D eigenvalue weighted by Crippen LogP contribution is -2.45. The molecule has 6 nitrogen and oxygen atoms in total. The lowest BCUT2D eigenvalue weighted by atomic mass is 9.84. The number of anilines is 1. The number of nitrogens with one attached hydrogen (secondary N) is 2. The zero-order valence-electron chi connectivity index (χ0n) is 13.7. The summed E-state index contributed by atoms with van der Waals surface area (Å²) in [5, 5.41) is 14.8. The van der Waals surface area contributed by atoms with E-state index in [1.54, 1.807) is 6.92 Å². The van der Waals surface area contributed by atoms with Crippen molar-refractivity contribution in [2.24, 2.45) is 5.92 Å². The van der Waals surface area contributed by atoms with Crippen LogP contribution in [0.4, 0.5) is 5.13 Å². The molecule has 24 heavy (non-hydrogen) atoms. The van der Waals surface area contributed by atoms with Crippen LogP contribution < -0.4 is 10.6 Å². The highest BCUT2D eigenvalue weighted by molar-refractivity contribution is 7.18. The Hall–Kier alpha value is -2.28. The van der Waals surface area contributed by atoms with E-state index in [0.717, 1.165) is 35.4 Å². The van der Waals surface area contributed by atoms with E-state index >= 15 is 0 Å². The van der Waals surface area contributed by atoms with Crippen LogP contribution in [0.3, 0.4) is 0 Å². The number of hydrogen-bond donors (Lipinski definition) is 2. The van der Waals surface area contributed by atoms with Gasteiger partial charge >= 0.3 is 0 Å². The lowest BCUT2D eigenvalue weighted by molar-refractivity contribution is -0.130. The standard InChI is InChI=1S/C17H20N4O2S/c1-10-5-3-8-13(9-10)16-20-21-17(24-16)19-14(22)11(2)18-15(23)12-6-4-7-12/h3,5,8-9,11-12H,4,6-7H2,1-2H3,(H,18,23)(H,19,21,22)/t11-/m1/s1. The first kappa shape index (κ1) is 16.6. The van der Waals surface area contributed by atoms with Gasteiger partial charge in [-0.05, 0) is 32.8 Å². The summed E-state index contributed by atoms with van der Waals surface area (Å²) in [6.45, 7) is 3.69. The average molecular weight is 344 g/mol. The SMILES string of the molecule is Cc1cccc(-c2nnc(NC(=O)[C@@H](C)NC(=O)C3CCC3)s2)c1. The number of benzene rings is 1. The Kier molecular flexibility index (Phi) is 4.89. The predicted octanol–water partition coefficient (Wildman–Crippen LogP) is 2.76. The molecule has 2 amide bonds. The highest BCUT2D eigenvalue weighted by atomic mass is 32.1. The van der Waals surface area contributed by atoms with E-state index in [9.17, 15) is 9.59 Å². The van der Waals surface area contributed by atoms with Crippen molar-refractivity contribution in [2.75, 3.05) is 5.32 Å². The van der Waals surface area contributed by atoms with Gasteiger partial charge in [0, 0.05) is 11.5 Å². The van der Waals surface area contributed by atoms with Crippen LogP contribution in [0, 0.1) is 12.8 Å². The van der Waals surface area contributed by atoms with Crippen molar-refractivity contribution >= 4 is 28.3 Å². The van der Waals surface area contributed by atoms with Gasteiger partial charge < -0.3 is 5.32 Å². The molecule has 2 N–H and O–H groups in total. The second kappa shape index (κ2) is 7.09. The Bertz CT molecular complexity index is 755. The highest BCUT2D eigenvalue weighted by Gasteiger charge is 2.27. The molecule has 0 unspecified atom stereocenters. The van der Waals surface area contributed by atoms with Crippen molar-refractivity contribution in [3.05, 3.63) is 29.8 Å². The van der Waals surface area contributed by atoms with Crippen molar-refractivity contribution in [3.8, 4) is 10.6 Å². The molecule has 1 saturated carbocycles. The molecular formula is C17H20N4O2S. The first-order valence-electron chi connectivity index (χ1n) is 8.04. The van der Waals surface area contributed by atoms with Gasteiger partial charge in [0.1, 0.15) is 11.0 Å². The van der Waals surface area contributed by atoms with E-state index < -0.39 is 6.04 Å². The first-order chi connectivity index (χ1) is 11.5. The van der Waals surface area contributed by atoms with Crippen molar-refractivity contribution < 1.29 is 9.59 Å². The van der Waals surface area contributed by atoms with Crippen molar-refractivity contribution in [2.45, 2.75) is 39.2 Å². The Morgan fingerprint density at radius 3 is 2.75 bits per heavy atom. The molecule has 0 radical (unpaired) electrons. The van der Waals surface area contributed by atoms with E-state index in [1.165, 1.54) is 11.3 Å². The van der Waals surface area contributed by atoms with Crippen LogP contribution in [-0.2, 0) is 9.59 Å². The van der Waals surface area contributed by atoms with Crippen LogP contribution in [0.2, 0.25) is 0 Å². The molecule has 1 fully saturated rings. The molecular weight excluding hydrogens is 324 g/mol. The molecule has 1 aromatic heterocycles. The molecule has 2 aromatic rings. The molecule has 1 aliphatic carbocycles. The summed E-state index contributed by atoms with van der Waals surface area (Å²) in [5.41, 5.74) is 2.11. The van der Waals surface area contributed by atoms with E-state index in [1.807, 2.05) is 31.2 Å².